The maximum atomic E-state index is 13.2. The molecule has 17 heavy (non-hydrogen) atoms. The van der Waals surface area contributed by atoms with Crippen LogP contribution in [0.1, 0.15) is 15.2 Å². The maximum Gasteiger partial charge on any atom is 0.266 e. The van der Waals surface area contributed by atoms with Crippen molar-refractivity contribution >= 4 is 22.9 Å². The van der Waals surface area contributed by atoms with Crippen LogP contribution in [0.2, 0.25) is 0 Å². The van der Waals surface area contributed by atoms with E-state index in [1.807, 2.05) is 0 Å². The van der Waals surface area contributed by atoms with Crippen molar-refractivity contribution in [1.29, 1.82) is 0 Å². The summed E-state index contributed by atoms with van der Waals surface area (Å²) in [7, 11) is 0. The number of hydrogen-bond donors (Lipinski definition) is 1. The Kier molecular flexibility index (Phi) is 3.14. The molecular formula is C11H8F2N2OS. The molecule has 3 nitrogen and oxygen atoms in total. The van der Waals surface area contributed by atoms with Gasteiger partial charge in [-0.25, -0.2) is 0 Å². The van der Waals surface area contributed by atoms with Gasteiger partial charge in [0.05, 0.1) is 10.6 Å². The summed E-state index contributed by atoms with van der Waals surface area (Å²) in [5.74, 6) is -2.38. The van der Waals surface area contributed by atoms with Crippen LogP contribution in [0.3, 0.4) is 0 Å². The number of carbonyl (C=O) groups excluding carboxylic acids is 1. The molecule has 0 radical (unpaired) electrons. The fraction of sp³-hybridized carbons (Fsp3) is 0.0909. The molecule has 1 amide bonds. The molecule has 0 bridgehead atoms. The van der Waals surface area contributed by atoms with Gasteiger partial charge in [0.25, 0.3) is 5.91 Å². The molecule has 2 aromatic rings. The minimum Gasteiger partial charge on any atom is -0.317 e. The minimum absolute atomic E-state index is 0.135. The van der Waals surface area contributed by atoms with E-state index >= 15 is 0 Å². The number of carbonyl (C=O) groups is 1. The molecule has 2 heterocycles. The summed E-state index contributed by atoms with van der Waals surface area (Å²) < 4.78 is 25.8. The summed E-state index contributed by atoms with van der Waals surface area (Å²) in [4.78, 5) is 15.2. The zero-order valence-corrected chi connectivity index (χ0v) is 9.65. The number of rotatable bonds is 2. The lowest BCUT2D eigenvalue weighted by atomic mass is 10.3. The molecule has 0 spiro atoms. The van der Waals surface area contributed by atoms with Crippen molar-refractivity contribution < 1.29 is 13.6 Å². The first kappa shape index (κ1) is 11.7. The lowest BCUT2D eigenvalue weighted by Crippen LogP contribution is -2.13. The van der Waals surface area contributed by atoms with Gasteiger partial charge in [0.1, 0.15) is 0 Å². The third-order valence-electron chi connectivity index (χ3n) is 2.13. The molecule has 0 aliphatic rings. The van der Waals surface area contributed by atoms with Crippen LogP contribution in [0.15, 0.2) is 23.6 Å². The molecule has 0 aromatic carbocycles. The van der Waals surface area contributed by atoms with Gasteiger partial charge in [-0.2, -0.15) is 13.8 Å². The number of aryl methyl sites for hydroxylation is 1. The third kappa shape index (κ3) is 2.47. The first-order valence-electron chi connectivity index (χ1n) is 4.75. The monoisotopic (exact) mass is 254 g/mol. The van der Waals surface area contributed by atoms with E-state index in [1.165, 1.54) is 11.3 Å². The van der Waals surface area contributed by atoms with Crippen LogP contribution in [0.4, 0.5) is 14.5 Å². The van der Waals surface area contributed by atoms with Gasteiger partial charge in [-0.15, -0.1) is 11.3 Å². The van der Waals surface area contributed by atoms with Crippen molar-refractivity contribution in [3.05, 3.63) is 45.9 Å². The largest absolute Gasteiger partial charge is 0.317 e. The van der Waals surface area contributed by atoms with E-state index < -0.39 is 17.8 Å². The van der Waals surface area contributed by atoms with Gasteiger partial charge in [-0.3, -0.25) is 4.79 Å². The summed E-state index contributed by atoms with van der Waals surface area (Å²) in [5.41, 5.74) is 0.673. The Morgan fingerprint density at radius 1 is 1.35 bits per heavy atom. The number of nitrogens with one attached hydrogen (secondary N) is 1. The number of hydrogen-bond acceptors (Lipinski definition) is 3. The highest BCUT2D eigenvalue weighted by Gasteiger charge is 2.13. The highest BCUT2D eigenvalue weighted by atomic mass is 32.1. The number of nitrogens with zero attached hydrogens (tertiary/aromatic N) is 1. The van der Waals surface area contributed by atoms with Crippen LogP contribution >= 0.6 is 11.3 Å². The molecule has 88 valence electrons. The molecule has 0 saturated heterocycles. The van der Waals surface area contributed by atoms with Gasteiger partial charge in [-0.1, -0.05) is 0 Å². The van der Waals surface area contributed by atoms with Crippen molar-refractivity contribution in [2.45, 2.75) is 6.92 Å². The fourth-order valence-corrected chi connectivity index (χ4v) is 2.11. The van der Waals surface area contributed by atoms with Crippen LogP contribution in [0.25, 0.3) is 0 Å². The van der Waals surface area contributed by atoms with Gasteiger partial charge in [0, 0.05) is 0 Å². The quantitative estimate of drug-likeness (QED) is 0.837. The minimum atomic E-state index is -1.03. The zero-order valence-electron chi connectivity index (χ0n) is 8.83. The van der Waals surface area contributed by atoms with Crippen LogP contribution < -0.4 is 5.32 Å². The van der Waals surface area contributed by atoms with Gasteiger partial charge < -0.3 is 5.32 Å². The van der Waals surface area contributed by atoms with Gasteiger partial charge >= 0.3 is 0 Å². The molecular weight excluding hydrogens is 246 g/mol. The Morgan fingerprint density at radius 3 is 2.71 bits per heavy atom. The van der Waals surface area contributed by atoms with E-state index in [-0.39, 0.29) is 5.69 Å². The molecule has 0 fully saturated rings. The standard InChI is InChI=1S/C11H8F2N2OS/c1-6-4-5-17-9(6)11(16)14-7-2-3-8(12)15-10(7)13/h2-5H,1H3,(H,14,16). The van der Waals surface area contributed by atoms with Crippen molar-refractivity contribution in [3.63, 3.8) is 0 Å². The van der Waals surface area contributed by atoms with E-state index in [2.05, 4.69) is 10.3 Å². The number of pyridine rings is 1. The molecule has 0 saturated carbocycles. The average Bonchev–Trinajstić information content (AvgIpc) is 2.68. The predicted molar refractivity (Wildman–Crippen MR) is 61.2 cm³/mol. The molecule has 2 aromatic heterocycles. The Balaban J connectivity index is 2.22. The van der Waals surface area contributed by atoms with Gasteiger partial charge in [0.2, 0.25) is 11.9 Å². The van der Waals surface area contributed by atoms with Gasteiger partial charge in [0.15, 0.2) is 0 Å². The van der Waals surface area contributed by atoms with Crippen LogP contribution in [0, 0.1) is 18.8 Å². The van der Waals surface area contributed by atoms with Crippen molar-refractivity contribution in [2.75, 3.05) is 5.32 Å². The first-order valence-corrected chi connectivity index (χ1v) is 5.63. The number of anilines is 1. The molecule has 0 aliphatic heterocycles. The molecule has 0 unspecified atom stereocenters. The Bertz CT molecular complexity index is 568. The second kappa shape index (κ2) is 4.58. The first-order chi connectivity index (χ1) is 8.08. The highest BCUT2D eigenvalue weighted by Crippen LogP contribution is 2.19. The van der Waals surface area contributed by atoms with E-state index in [4.69, 9.17) is 0 Å². The van der Waals surface area contributed by atoms with Crippen molar-refractivity contribution in [3.8, 4) is 0 Å². The summed E-state index contributed by atoms with van der Waals surface area (Å²) >= 11 is 1.26. The normalized spacial score (nSPS) is 10.3. The second-order valence-electron chi connectivity index (χ2n) is 3.36. The lowest BCUT2D eigenvalue weighted by molar-refractivity contribution is 0.102. The van der Waals surface area contributed by atoms with Crippen molar-refractivity contribution in [1.82, 2.24) is 4.98 Å². The Morgan fingerprint density at radius 2 is 2.12 bits per heavy atom. The van der Waals surface area contributed by atoms with E-state index in [1.54, 1.807) is 18.4 Å². The number of thiophene rings is 1. The SMILES string of the molecule is Cc1ccsc1C(=O)Nc1ccc(F)nc1F. The van der Waals surface area contributed by atoms with Crippen LogP contribution in [-0.4, -0.2) is 10.9 Å². The third-order valence-corrected chi connectivity index (χ3v) is 3.15. The van der Waals surface area contributed by atoms with E-state index in [9.17, 15) is 13.6 Å². The van der Waals surface area contributed by atoms with Crippen LogP contribution in [0.5, 0.6) is 0 Å². The average molecular weight is 254 g/mol. The summed E-state index contributed by atoms with van der Waals surface area (Å²) in [5, 5.41) is 4.12. The maximum absolute atomic E-state index is 13.2. The highest BCUT2D eigenvalue weighted by molar-refractivity contribution is 7.12. The summed E-state index contributed by atoms with van der Waals surface area (Å²) in [6, 6.07) is 3.91. The van der Waals surface area contributed by atoms with E-state index in [0.29, 0.717) is 4.88 Å². The summed E-state index contributed by atoms with van der Waals surface area (Å²) in [6.07, 6.45) is 0. The van der Waals surface area contributed by atoms with Gasteiger partial charge in [-0.05, 0) is 36.1 Å². The molecule has 1 N–H and O–H groups in total. The number of amides is 1. The molecule has 0 atom stereocenters. The lowest BCUT2D eigenvalue weighted by Gasteiger charge is -2.04. The number of aromatic nitrogens is 1. The fourth-order valence-electron chi connectivity index (χ4n) is 1.29. The van der Waals surface area contributed by atoms with Crippen molar-refractivity contribution in [2.24, 2.45) is 0 Å². The molecule has 0 aliphatic carbocycles. The Hall–Kier alpha value is -1.82. The second-order valence-corrected chi connectivity index (χ2v) is 4.28. The predicted octanol–water partition coefficient (Wildman–Crippen LogP) is 2.98. The van der Waals surface area contributed by atoms with E-state index in [0.717, 1.165) is 17.7 Å². The molecule has 2 rings (SSSR count). The summed E-state index contributed by atoms with van der Waals surface area (Å²) in [6.45, 7) is 1.78. The number of halogens is 2. The molecule has 6 heteroatoms. The Labute approximate surface area is 100 Å². The smallest absolute Gasteiger partial charge is 0.266 e. The van der Waals surface area contributed by atoms with Crippen LogP contribution in [-0.2, 0) is 0 Å². The zero-order chi connectivity index (χ0) is 12.4. The topological polar surface area (TPSA) is 42.0 Å².